The number of nitrogens with one attached hydrogen (secondary N) is 7. The third kappa shape index (κ3) is 19.8. The zero-order valence-corrected chi connectivity index (χ0v) is 41.8. The van der Waals surface area contributed by atoms with Crippen molar-refractivity contribution in [1.82, 2.24) is 41.7 Å². The van der Waals surface area contributed by atoms with Gasteiger partial charge in [0.05, 0.1) is 6.54 Å². The van der Waals surface area contributed by atoms with Crippen LogP contribution < -0.4 is 60.2 Å². The summed E-state index contributed by atoms with van der Waals surface area (Å²) in [6.07, 6.45) is 5.32. The Balaban J connectivity index is 1.42. The van der Waals surface area contributed by atoms with Crippen LogP contribution in [-0.4, -0.2) is 152 Å². The SMILES string of the molecule is CC(=O)NCC(=O)N[C@@H](CCCN=C(N)N)C(=O)N1CCC[C@H]1C(=O)N[C@@H](CCCN=C(N)N)C(=O)Nc1ccc(C(=O)N[C@H](C(=O)N[C@@H](Cc2ccccc2)C(=O)NCCN2CCCCC2)C(C)C)cc1. The van der Waals surface area contributed by atoms with Crippen molar-refractivity contribution >= 4 is 64.9 Å². The molecular weight excluding hydrogens is 927 g/mol. The van der Waals surface area contributed by atoms with Gasteiger partial charge in [-0.1, -0.05) is 50.6 Å². The van der Waals surface area contributed by atoms with Gasteiger partial charge in [0.2, 0.25) is 41.4 Å². The predicted octanol–water partition coefficient (Wildman–Crippen LogP) is -1.09. The van der Waals surface area contributed by atoms with E-state index in [0.717, 1.165) is 31.5 Å². The summed E-state index contributed by atoms with van der Waals surface area (Å²) in [4.78, 5) is 119. The molecule has 23 heteroatoms. The number of nitrogens with two attached hydrogens (primary N) is 4. The summed E-state index contributed by atoms with van der Waals surface area (Å²) in [7, 11) is 0. The van der Waals surface area contributed by atoms with Gasteiger partial charge in [-0.05, 0) is 100 Å². The average molecular weight is 1000 g/mol. The molecule has 0 radical (unpaired) electrons. The molecule has 2 aliphatic rings. The zero-order chi connectivity index (χ0) is 52.6. The summed E-state index contributed by atoms with van der Waals surface area (Å²) in [6.45, 7) is 8.15. The molecule has 2 fully saturated rings. The molecule has 2 heterocycles. The van der Waals surface area contributed by atoms with Crippen LogP contribution in [-0.2, 0) is 40.0 Å². The van der Waals surface area contributed by atoms with E-state index in [1.54, 1.807) is 13.8 Å². The van der Waals surface area contributed by atoms with E-state index in [-0.39, 0.29) is 81.2 Å². The third-order valence-corrected chi connectivity index (χ3v) is 12.2. The van der Waals surface area contributed by atoms with Crippen molar-refractivity contribution in [3.63, 3.8) is 0 Å². The van der Waals surface area contributed by atoms with Gasteiger partial charge in [-0.15, -0.1) is 0 Å². The van der Waals surface area contributed by atoms with Gasteiger partial charge < -0.3 is 70.0 Å². The normalized spacial score (nSPS) is 16.2. The van der Waals surface area contributed by atoms with Gasteiger partial charge in [0.25, 0.3) is 5.91 Å². The molecule has 2 aromatic rings. The van der Waals surface area contributed by atoms with E-state index in [2.05, 4.69) is 52.1 Å². The molecule has 8 amide bonds. The standard InChI is InChI=1S/C49H75N15O8/c1-31(2)41(46(71)61-38(29-33-13-6-4-7-14-33)43(68)54-24-28-63-25-8-5-9-26-63)62-42(67)34-18-20-35(21-19-34)58-44(69)36(15-10-22-55-48(50)51)60-45(70)39-17-12-27-64(39)47(72)37(16-11-23-56-49(52)53)59-40(66)30-57-32(3)65/h4,6-7,13-14,18-21,31,36-39,41H,5,8-12,15-17,22-30H2,1-3H3,(H,54,68)(H,57,65)(H,58,69)(H,59,66)(H,60,70)(H,61,71)(H,62,67)(H4,50,51,55)(H4,52,53,56)/t36-,37-,38-,39-,41-/m0/s1. The quantitative estimate of drug-likeness (QED) is 0.0289. The van der Waals surface area contributed by atoms with Crippen LogP contribution in [0.5, 0.6) is 0 Å². The second-order valence-electron chi connectivity index (χ2n) is 18.4. The lowest BCUT2D eigenvalue weighted by molar-refractivity contribution is -0.142. The molecule has 0 unspecified atom stereocenters. The monoisotopic (exact) mass is 1000 g/mol. The Morgan fingerprint density at radius 2 is 1.32 bits per heavy atom. The highest BCUT2D eigenvalue weighted by molar-refractivity contribution is 6.01. The van der Waals surface area contributed by atoms with Crippen LogP contribution >= 0.6 is 0 Å². The fraction of sp³-hybridized carbons (Fsp3) is 0.551. The highest BCUT2D eigenvalue weighted by atomic mass is 16.2. The molecule has 2 saturated heterocycles. The maximum Gasteiger partial charge on any atom is 0.251 e. The van der Waals surface area contributed by atoms with E-state index in [9.17, 15) is 38.4 Å². The largest absolute Gasteiger partial charge is 0.370 e. The minimum Gasteiger partial charge on any atom is -0.370 e. The number of guanidine groups is 2. The molecule has 0 aliphatic carbocycles. The number of anilines is 1. The maximum atomic E-state index is 14.0. The molecule has 5 atom stereocenters. The molecule has 0 aromatic heterocycles. The van der Waals surface area contributed by atoms with Gasteiger partial charge in [-0.3, -0.25) is 48.3 Å². The smallest absolute Gasteiger partial charge is 0.251 e. The Morgan fingerprint density at radius 3 is 1.93 bits per heavy atom. The van der Waals surface area contributed by atoms with Crippen molar-refractivity contribution in [3.05, 3.63) is 65.7 Å². The summed E-state index contributed by atoms with van der Waals surface area (Å²) < 4.78 is 0. The number of nitrogens with zero attached hydrogens (tertiary/aromatic N) is 4. The van der Waals surface area contributed by atoms with Gasteiger partial charge in [0.1, 0.15) is 30.2 Å². The number of hydrogen-bond acceptors (Lipinski definition) is 11. The van der Waals surface area contributed by atoms with Crippen LogP contribution in [0, 0.1) is 5.92 Å². The Kier molecular flexibility index (Phi) is 23.7. The molecule has 0 bridgehead atoms. The van der Waals surface area contributed by atoms with Crippen LogP contribution in [0.15, 0.2) is 64.6 Å². The maximum absolute atomic E-state index is 14.0. The topological polar surface area (TPSA) is 356 Å². The van der Waals surface area contributed by atoms with E-state index < -0.39 is 71.6 Å². The minimum atomic E-state index is -1.12. The number of piperidine rings is 1. The average Bonchev–Trinajstić information content (AvgIpc) is 3.85. The molecule has 2 aromatic carbocycles. The van der Waals surface area contributed by atoms with Crippen LogP contribution in [0.2, 0.25) is 0 Å². The van der Waals surface area contributed by atoms with Crippen molar-refractivity contribution in [2.75, 3.05) is 57.7 Å². The highest BCUT2D eigenvalue weighted by Gasteiger charge is 2.39. The fourth-order valence-corrected chi connectivity index (χ4v) is 8.41. The summed E-state index contributed by atoms with van der Waals surface area (Å²) >= 11 is 0. The Hall–Kier alpha value is -7.30. The van der Waals surface area contributed by atoms with Crippen LogP contribution in [0.25, 0.3) is 0 Å². The van der Waals surface area contributed by atoms with Crippen molar-refractivity contribution in [3.8, 4) is 0 Å². The van der Waals surface area contributed by atoms with E-state index in [4.69, 9.17) is 22.9 Å². The summed E-state index contributed by atoms with van der Waals surface area (Å²) in [5, 5.41) is 19.3. The summed E-state index contributed by atoms with van der Waals surface area (Å²) in [5.74, 6) is -4.79. The van der Waals surface area contributed by atoms with Gasteiger partial charge in [-0.2, -0.15) is 0 Å². The van der Waals surface area contributed by atoms with Crippen molar-refractivity contribution in [2.45, 2.75) is 115 Å². The molecule has 394 valence electrons. The van der Waals surface area contributed by atoms with Crippen molar-refractivity contribution in [1.29, 1.82) is 0 Å². The lowest BCUT2D eigenvalue weighted by atomic mass is 10.0. The van der Waals surface area contributed by atoms with E-state index in [0.29, 0.717) is 38.0 Å². The zero-order valence-electron chi connectivity index (χ0n) is 41.8. The van der Waals surface area contributed by atoms with Gasteiger partial charge >= 0.3 is 0 Å². The van der Waals surface area contributed by atoms with Crippen LogP contribution in [0.1, 0.15) is 94.5 Å². The summed E-state index contributed by atoms with van der Waals surface area (Å²) in [6, 6.07) is 10.3. The Labute approximate surface area is 421 Å². The molecule has 72 heavy (non-hydrogen) atoms. The number of rotatable bonds is 27. The molecule has 4 rings (SSSR count). The molecule has 0 saturated carbocycles. The number of hydrogen-bond donors (Lipinski definition) is 11. The van der Waals surface area contributed by atoms with E-state index >= 15 is 0 Å². The first kappa shape index (κ1) is 57.3. The highest BCUT2D eigenvalue weighted by Crippen LogP contribution is 2.21. The summed E-state index contributed by atoms with van der Waals surface area (Å²) in [5.41, 5.74) is 23.3. The Morgan fingerprint density at radius 1 is 0.681 bits per heavy atom. The lowest BCUT2D eigenvalue weighted by Gasteiger charge is -2.30. The number of likely N-dealkylation sites (tertiary alicyclic amines) is 2. The molecule has 15 N–H and O–H groups in total. The fourth-order valence-electron chi connectivity index (χ4n) is 8.41. The van der Waals surface area contributed by atoms with Gasteiger partial charge in [-0.25, -0.2) is 0 Å². The van der Waals surface area contributed by atoms with Crippen LogP contribution in [0.3, 0.4) is 0 Å². The number of benzene rings is 2. The minimum absolute atomic E-state index is 0.104. The molecular formula is C49H75N15O8. The molecule has 23 nitrogen and oxygen atoms in total. The second-order valence-corrected chi connectivity index (χ2v) is 18.4. The Bertz CT molecular complexity index is 2190. The first-order valence-corrected chi connectivity index (χ1v) is 24.7. The number of amides is 8. The number of carbonyl (C=O) groups is 8. The van der Waals surface area contributed by atoms with Crippen LogP contribution in [0.4, 0.5) is 5.69 Å². The van der Waals surface area contributed by atoms with Gasteiger partial charge in [0.15, 0.2) is 11.9 Å². The third-order valence-electron chi connectivity index (χ3n) is 12.2. The van der Waals surface area contributed by atoms with E-state index in [1.807, 2.05) is 30.3 Å². The van der Waals surface area contributed by atoms with Crippen molar-refractivity contribution in [2.24, 2.45) is 38.8 Å². The first-order chi connectivity index (χ1) is 34.4. The van der Waals surface area contributed by atoms with Gasteiger partial charge in [0, 0.05) is 57.3 Å². The van der Waals surface area contributed by atoms with Crippen molar-refractivity contribution < 1.29 is 38.4 Å². The first-order valence-electron chi connectivity index (χ1n) is 24.7. The lowest BCUT2D eigenvalue weighted by Crippen LogP contribution is -2.56. The molecule has 0 spiro atoms. The number of aliphatic imine (C=N–C) groups is 2. The molecule has 2 aliphatic heterocycles. The number of carbonyl (C=O) groups excluding carboxylic acids is 8. The van der Waals surface area contributed by atoms with E-state index in [1.165, 1.54) is 42.5 Å². The predicted molar refractivity (Wildman–Crippen MR) is 274 cm³/mol. The second kappa shape index (κ2) is 29.8.